The van der Waals surface area contributed by atoms with Crippen LogP contribution in [0.15, 0.2) is 48.5 Å². The molecule has 0 saturated carbocycles. The van der Waals surface area contributed by atoms with Crippen LogP contribution in [0.25, 0.3) is 0 Å². The van der Waals surface area contributed by atoms with Crippen LogP contribution in [0, 0.1) is 20.2 Å². The highest BCUT2D eigenvalue weighted by Crippen LogP contribution is 2.19. The van der Waals surface area contributed by atoms with Crippen LogP contribution >= 0.6 is 0 Å². The SMILES string of the molecule is O=[N+]([O-])c1ccccc1CCOCOCc1ccccc1[N+](=O)[O-]. The predicted molar refractivity (Wildman–Crippen MR) is 85.5 cm³/mol. The molecule has 0 unspecified atom stereocenters. The first-order valence-corrected chi connectivity index (χ1v) is 7.19. The number of hydrogen-bond acceptors (Lipinski definition) is 6. The summed E-state index contributed by atoms with van der Waals surface area (Å²) in [6, 6.07) is 12.8. The first-order valence-electron chi connectivity index (χ1n) is 7.19. The van der Waals surface area contributed by atoms with E-state index in [-0.39, 0.29) is 31.4 Å². The van der Waals surface area contributed by atoms with E-state index >= 15 is 0 Å². The van der Waals surface area contributed by atoms with Crippen molar-refractivity contribution in [2.24, 2.45) is 0 Å². The molecule has 0 heterocycles. The predicted octanol–water partition coefficient (Wildman–Crippen LogP) is 3.24. The quantitative estimate of drug-likeness (QED) is 0.302. The Morgan fingerprint density at radius 1 is 0.792 bits per heavy atom. The lowest BCUT2D eigenvalue weighted by atomic mass is 10.1. The summed E-state index contributed by atoms with van der Waals surface area (Å²) in [5.74, 6) is 0. The van der Waals surface area contributed by atoms with Gasteiger partial charge in [-0.1, -0.05) is 30.3 Å². The summed E-state index contributed by atoms with van der Waals surface area (Å²) in [4.78, 5) is 20.9. The highest BCUT2D eigenvalue weighted by molar-refractivity contribution is 5.40. The molecule has 0 N–H and O–H groups in total. The molecular weight excluding hydrogens is 316 g/mol. The Hall–Kier alpha value is -2.84. The summed E-state index contributed by atoms with van der Waals surface area (Å²) in [7, 11) is 0. The van der Waals surface area contributed by atoms with Gasteiger partial charge in [0.05, 0.1) is 28.6 Å². The topological polar surface area (TPSA) is 105 Å². The number of nitro groups is 2. The van der Waals surface area contributed by atoms with E-state index in [1.165, 1.54) is 12.1 Å². The minimum atomic E-state index is -0.464. The number of ether oxygens (including phenoxy) is 2. The summed E-state index contributed by atoms with van der Waals surface area (Å²) in [6.45, 7) is 0.261. The second-order valence-corrected chi connectivity index (χ2v) is 4.90. The lowest BCUT2D eigenvalue weighted by Crippen LogP contribution is -2.06. The van der Waals surface area contributed by atoms with E-state index in [0.29, 0.717) is 17.5 Å². The van der Waals surface area contributed by atoms with Gasteiger partial charge in [0, 0.05) is 24.1 Å². The Morgan fingerprint density at radius 3 is 1.96 bits per heavy atom. The molecule has 2 aromatic carbocycles. The molecule has 2 aromatic rings. The fraction of sp³-hybridized carbons (Fsp3) is 0.250. The lowest BCUT2D eigenvalue weighted by molar-refractivity contribution is -0.386. The molecule has 8 nitrogen and oxygen atoms in total. The smallest absolute Gasteiger partial charge is 0.274 e. The first kappa shape index (κ1) is 17.5. The molecule has 0 fully saturated rings. The van der Waals surface area contributed by atoms with Gasteiger partial charge < -0.3 is 9.47 Å². The van der Waals surface area contributed by atoms with E-state index in [9.17, 15) is 20.2 Å². The van der Waals surface area contributed by atoms with E-state index in [4.69, 9.17) is 9.47 Å². The molecule has 0 bridgehead atoms. The maximum Gasteiger partial charge on any atom is 0.274 e. The van der Waals surface area contributed by atoms with Crippen molar-refractivity contribution >= 4 is 11.4 Å². The van der Waals surface area contributed by atoms with Crippen molar-refractivity contribution in [2.45, 2.75) is 13.0 Å². The first-order chi connectivity index (χ1) is 11.6. The van der Waals surface area contributed by atoms with Gasteiger partial charge in [0.25, 0.3) is 11.4 Å². The summed E-state index contributed by atoms with van der Waals surface area (Å²) < 4.78 is 10.5. The molecule has 0 radical (unpaired) electrons. The molecule has 0 atom stereocenters. The third-order valence-corrected chi connectivity index (χ3v) is 3.32. The van der Waals surface area contributed by atoms with Gasteiger partial charge in [0.2, 0.25) is 0 Å². The van der Waals surface area contributed by atoms with Crippen molar-refractivity contribution < 1.29 is 19.3 Å². The van der Waals surface area contributed by atoms with Crippen molar-refractivity contribution in [3.63, 3.8) is 0 Å². The van der Waals surface area contributed by atoms with Crippen molar-refractivity contribution in [3.05, 3.63) is 79.9 Å². The molecule has 0 aliphatic carbocycles. The minimum Gasteiger partial charge on any atom is -0.355 e. The fourth-order valence-electron chi connectivity index (χ4n) is 2.16. The Labute approximate surface area is 137 Å². The molecule has 2 rings (SSSR count). The number of nitrogens with zero attached hydrogens (tertiary/aromatic N) is 2. The second kappa shape index (κ2) is 8.70. The Balaban J connectivity index is 1.75. The van der Waals surface area contributed by atoms with Crippen LogP contribution in [-0.4, -0.2) is 23.2 Å². The van der Waals surface area contributed by atoms with Gasteiger partial charge in [-0.25, -0.2) is 0 Å². The highest BCUT2D eigenvalue weighted by atomic mass is 16.7. The number of hydrogen-bond donors (Lipinski definition) is 0. The Bertz CT molecular complexity index is 658. The van der Waals surface area contributed by atoms with E-state index < -0.39 is 9.85 Å². The molecule has 0 spiro atoms. The average molecular weight is 332 g/mol. The number of rotatable bonds is 9. The van der Waals surface area contributed by atoms with E-state index in [1.54, 1.807) is 36.4 Å². The van der Waals surface area contributed by atoms with Gasteiger partial charge in [-0.05, 0) is 6.07 Å². The molecule has 0 aromatic heterocycles. The van der Waals surface area contributed by atoms with Crippen molar-refractivity contribution in [1.82, 2.24) is 0 Å². The van der Waals surface area contributed by atoms with Crippen molar-refractivity contribution in [2.75, 3.05) is 13.4 Å². The maximum absolute atomic E-state index is 10.9. The largest absolute Gasteiger partial charge is 0.355 e. The maximum atomic E-state index is 10.9. The summed E-state index contributed by atoms with van der Waals surface area (Å²) in [5, 5.41) is 21.8. The van der Waals surface area contributed by atoms with Gasteiger partial charge in [-0.3, -0.25) is 20.2 Å². The lowest BCUT2D eigenvalue weighted by Gasteiger charge is -2.07. The summed E-state index contributed by atoms with van der Waals surface area (Å²) >= 11 is 0. The summed E-state index contributed by atoms with van der Waals surface area (Å²) in [6.07, 6.45) is 0.381. The van der Waals surface area contributed by atoms with Crippen LogP contribution < -0.4 is 0 Å². The molecule has 8 heteroatoms. The molecular formula is C16H16N2O6. The van der Waals surface area contributed by atoms with Crippen LogP contribution in [0.1, 0.15) is 11.1 Å². The highest BCUT2D eigenvalue weighted by Gasteiger charge is 2.13. The summed E-state index contributed by atoms with van der Waals surface area (Å²) in [5.41, 5.74) is 1.10. The standard InChI is InChI=1S/C16H16N2O6/c19-17(20)15-7-3-1-5-13(15)9-10-23-12-24-11-14-6-2-4-8-16(14)18(21)22/h1-8H,9-12H2. The van der Waals surface area contributed by atoms with Gasteiger partial charge in [-0.2, -0.15) is 0 Å². The van der Waals surface area contributed by atoms with Crippen LogP contribution in [0.3, 0.4) is 0 Å². The van der Waals surface area contributed by atoms with E-state index in [1.807, 2.05) is 0 Å². The normalized spacial score (nSPS) is 10.5. The van der Waals surface area contributed by atoms with Crippen LogP contribution in [0.2, 0.25) is 0 Å². The Morgan fingerprint density at radius 2 is 1.33 bits per heavy atom. The number of nitro benzene ring substituents is 2. The van der Waals surface area contributed by atoms with Gasteiger partial charge in [0.15, 0.2) is 0 Å². The van der Waals surface area contributed by atoms with Crippen LogP contribution in [0.4, 0.5) is 11.4 Å². The zero-order valence-corrected chi connectivity index (χ0v) is 12.8. The second-order valence-electron chi connectivity index (χ2n) is 4.90. The van der Waals surface area contributed by atoms with Crippen molar-refractivity contribution in [1.29, 1.82) is 0 Å². The van der Waals surface area contributed by atoms with E-state index in [2.05, 4.69) is 0 Å². The van der Waals surface area contributed by atoms with Crippen molar-refractivity contribution in [3.8, 4) is 0 Å². The third kappa shape index (κ3) is 4.83. The Kier molecular flexibility index (Phi) is 6.35. The van der Waals surface area contributed by atoms with E-state index in [0.717, 1.165) is 0 Å². The third-order valence-electron chi connectivity index (χ3n) is 3.32. The average Bonchev–Trinajstić information content (AvgIpc) is 2.58. The minimum absolute atomic E-state index is 0.00240. The zero-order valence-electron chi connectivity index (χ0n) is 12.8. The fourth-order valence-corrected chi connectivity index (χ4v) is 2.16. The molecule has 0 saturated heterocycles. The molecule has 0 aliphatic rings. The zero-order chi connectivity index (χ0) is 17.4. The van der Waals surface area contributed by atoms with Gasteiger partial charge in [-0.15, -0.1) is 0 Å². The molecule has 126 valence electrons. The van der Waals surface area contributed by atoms with Crippen LogP contribution in [0.5, 0.6) is 0 Å². The monoisotopic (exact) mass is 332 g/mol. The molecule has 0 amide bonds. The van der Waals surface area contributed by atoms with Crippen LogP contribution in [-0.2, 0) is 22.5 Å². The number of para-hydroxylation sites is 2. The van der Waals surface area contributed by atoms with Gasteiger partial charge in [0.1, 0.15) is 6.79 Å². The molecule has 24 heavy (non-hydrogen) atoms. The van der Waals surface area contributed by atoms with Gasteiger partial charge >= 0.3 is 0 Å². The number of benzene rings is 2. The molecule has 0 aliphatic heterocycles.